The largest absolute Gasteiger partial charge is 0.411 e. The Hall–Kier alpha value is -1.17. The molecule has 28 heavy (non-hydrogen) atoms. The zero-order valence-electron chi connectivity index (χ0n) is 18.4. The second kappa shape index (κ2) is 7.58. The first kappa shape index (κ1) is 20.1. The number of fused-ring (bicyclic) bond motifs is 1. The Morgan fingerprint density at radius 2 is 1.68 bits per heavy atom. The molecule has 2 aromatic rings. The fourth-order valence-corrected chi connectivity index (χ4v) is 11.2. The first-order valence-electron chi connectivity index (χ1n) is 11.2. The van der Waals surface area contributed by atoms with Gasteiger partial charge in [-0.2, -0.15) is 0 Å². The second-order valence-corrected chi connectivity index (χ2v) is 15.3. The van der Waals surface area contributed by atoms with Gasteiger partial charge in [-0.3, -0.25) is 0 Å². The predicted octanol–water partition coefficient (Wildman–Crippen LogP) is 5.81. The Bertz CT molecular complexity index is 803. The van der Waals surface area contributed by atoms with E-state index in [1.165, 1.54) is 18.4 Å². The minimum atomic E-state index is -1.90. The first-order valence-corrected chi connectivity index (χ1v) is 13.4. The number of rotatable bonds is 7. The number of hydrogen-bond donors (Lipinski definition) is 1. The molecule has 5 heteroatoms. The molecule has 3 heterocycles. The van der Waals surface area contributed by atoms with Crippen LogP contribution in [0.5, 0.6) is 0 Å². The van der Waals surface area contributed by atoms with Gasteiger partial charge in [-0.15, -0.1) is 0 Å². The van der Waals surface area contributed by atoms with E-state index in [1.54, 1.807) is 0 Å². The Morgan fingerprint density at radius 1 is 1.00 bits per heavy atom. The average molecular weight is 400 g/mol. The van der Waals surface area contributed by atoms with Gasteiger partial charge in [0, 0.05) is 12.4 Å². The van der Waals surface area contributed by atoms with Crippen LogP contribution in [0.4, 0.5) is 0 Å². The molecule has 2 fully saturated rings. The lowest BCUT2D eigenvalue weighted by Crippen LogP contribution is -2.51. The summed E-state index contributed by atoms with van der Waals surface area (Å²) in [5.74, 6) is 0.769. The number of nitrogens with zero attached hydrogens (tertiary/aromatic N) is 2. The zero-order chi connectivity index (χ0) is 20.1. The van der Waals surface area contributed by atoms with Crippen LogP contribution in [0.1, 0.15) is 84.0 Å². The van der Waals surface area contributed by atoms with Crippen LogP contribution in [0.2, 0.25) is 16.6 Å². The standard InChI is InChI=1S/C23H37N3OSi/c1-15(2)28(16(3)4,17(5)6)27-21-11-12-24-23(21)20-14-26-13-19(18-7-8-18)9-10-22(26)25-20/h9-10,13-18,21,23-24H,7-8,11-12H2,1-6H3/t21-,23+/m0/s1. The molecule has 2 aromatic heterocycles. The molecule has 154 valence electrons. The maximum Gasteiger partial charge on any atom is 0.200 e. The third-order valence-electron chi connectivity index (χ3n) is 7.09. The minimum absolute atomic E-state index is 0.201. The van der Waals surface area contributed by atoms with Crippen molar-refractivity contribution in [2.24, 2.45) is 0 Å². The van der Waals surface area contributed by atoms with Crippen molar-refractivity contribution in [3.63, 3.8) is 0 Å². The number of nitrogens with one attached hydrogen (secondary N) is 1. The van der Waals surface area contributed by atoms with Crippen molar-refractivity contribution in [1.29, 1.82) is 0 Å². The van der Waals surface area contributed by atoms with Gasteiger partial charge in [0.25, 0.3) is 0 Å². The van der Waals surface area contributed by atoms with Crippen molar-refractivity contribution in [2.45, 2.75) is 95.5 Å². The molecule has 0 bridgehead atoms. The van der Waals surface area contributed by atoms with Crippen molar-refractivity contribution in [3.8, 4) is 0 Å². The van der Waals surface area contributed by atoms with Crippen LogP contribution >= 0.6 is 0 Å². The zero-order valence-corrected chi connectivity index (χ0v) is 19.4. The molecule has 1 N–H and O–H groups in total. The van der Waals surface area contributed by atoms with E-state index < -0.39 is 8.32 Å². The molecule has 2 atom stereocenters. The van der Waals surface area contributed by atoms with Gasteiger partial charge < -0.3 is 14.1 Å². The van der Waals surface area contributed by atoms with Gasteiger partial charge in [0.2, 0.25) is 8.32 Å². The van der Waals surface area contributed by atoms with Gasteiger partial charge in [0.1, 0.15) is 5.65 Å². The lowest BCUT2D eigenvalue weighted by atomic mass is 10.1. The maximum absolute atomic E-state index is 7.15. The van der Waals surface area contributed by atoms with Gasteiger partial charge in [-0.25, -0.2) is 4.98 Å². The smallest absolute Gasteiger partial charge is 0.200 e. The van der Waals surface area contributed by atoms with E-state index in [9.17, 15) is 0 Å². The Balaban J connectivity index is 1.61. The van der Waals surface area contributed by atoms with E-state index >= 15 is 0 Å². The van der Waals surface area contributed by atoms with Crippen LogP contribution in [0, 0.1) is 0 Å². The SMILES string of the molecule is CC(C)[Si](O[C@H]1CCN[C@@H]1c1cn2cc(C3CC3)ccc2n1)(C(C)C)C(C)C. The van der Waals surface area contributed by atoms with E-state index in [0.29, 0.717) is 16.6 Å². The average Bonchev–Trinajstić information content (AvgIpc) is 3.24. The lowest BCUT2D eigenvalue weighted by Gasteiger charge is -2.44. The van der Waals surface area contributed by atoms with Crippen molar-refractivity contribution in [2.75, 3.05) is 6.54 Å². The summed E-state index contributed by atoms with van der Waals surface area (Å²) in [6.07, 6.45) is 8.48. The molecule has 1 aliphatic heterocycles. The lowest BCUT2D eigenvalue weighted by molar-refractivity contribution is 0.158. The highest BCUT2D eigenvalue weighted by molar-refractivity contribution is 6.77. The molecule has 1 saturated carbocycles. The van der Waals surface area contributed by atoms with Crippen LogP contribution in [0.15, 0.2) is 24.5 Å². The molecule has 1 aliphatic carbocycles. The number of pyridine rings is 1. The maximum atomic E-state index is 7.15. The molecule has 4 rings (SSSR count). The molecule has 0 unspecified atom stereocenters. The summed E-state index contributed by atoms with van der Waals surface area (Å²) >= 11 is 0. The summed E-state index contributed by atoms with van der Waals surface area (Å²) in [7, 11) is -1.90. The molecule has 0 amide bonds. The summed E-state index contributed by atoms with van der Waals surface area (Å²) in [6, 6.07) is 4.64. The summed E-state index contributed by atoms with van der Waals surface area (Å²) in [4.78, 5) is 4.97. The summed E-state index contributed by atoms with van der Waals surface area (Å²) < 4.78 is 9.37. The first-order chi connectivity index (χ1) is 13.3. The molecule has 1 saturated heterocycles. The second-order valence-electron chi connectivity index (χ2n) is 9.86. The fourth-order valence-electron chi connectivity index (χ4n) is 5.61. The van der Waals surface area contributed by atoms with E-state index in [-0.39, 0.29) is 12.1 Å². The van der Waals surface area contributed by atoms with Crippen LogP contribution in [0.3, 0.4) is 0 Å². The molecule has 0 spiro atoms. The summed E-state index contributed by atoms with van der Waals surface area (Å²) in [5.41, 5.74) is 5.46. The van der Waals surface area contributed by atoms with Crippen LogP contribution in [-0.2, 0) is 4.43 Å². The van der Waals surface area contributed by atoms with Crippen LogP contribution in [-0.4, -0.2) is 30.4 Å². The van der Waals surface area contributed by atoms with E-state index in [4.69, 9.17) is 9.41 Å². The quantitative estimate of drug-likeness (QED) is 0.597. The highest BCUT2D eigenvalue weighted by Gasteiger charge is 2.48. The summed E-state index contributed by atoms with van der Waals surface area (Å²) in [5, 5.41) is 3.69. The highest BCUT2D eigenvalue weighted by atomic mass is 28.4. The van der Waals surface area contributed by atoms with E-state index in [2.05, 4.69) is 75.8 Å². The van der Waals surface area contributed by atoms with Crippen molar-refractivity contribution in [3.05, 3.63) is 35.8 Å². The van der Waals surface area contributed by atoms with Crippen LogP contribution in [0.25, 0.3) is 5.65 Å². The van der Waals surface area contributed by atoms with Crippen LogP contribution < -0.4 is 5.32 Å². The van der Waals surface area contributed by atoms with Gasteiger partial charge in [0.15, 0.2) is 0 Å². The van der Waals surface area contributed by atoms with Crippen molar-refractivity contribution in [1.82, 2.24) is 14.7 Å². The highest BCUT2D eigenvalue weighted by Crippen LogP contribution is 2.45. The molecular formula is C23H37N3OSi. The van der Waals surface area contributed by atoms with Crippen molar-refractivity contribution < 1.29 is 4.43 Å². The van der Waals surface area contributed by atoms with Crippen molar-refractivity contribution >= 4 is 14.0 Å². The molecule has 2 aliphatic rings. The fraction of sp³-hybridized carbons (Fsp3) is 0.696. The Morgan fingerprint density at radius 3 is 2.29 bits per heavy atom. The third-order valence-corrected chi connectivity index (χ3v) is 13.2. The van der Waals surface area contributed by atoms with Gasteiger partial charge >= 0.3 is 0 Å². The third kappa shape index (κ3) is 3.46. The monoisotopic (exact) mass is 399 g/mol. The van der Waals surface area contributed by atoms with Gasteiger partial charge in [-0.1, -0.05) is 47.6 Å². The number of aromatic nitrogens is 2. The minimum Gasteiger partial charge on any atom is -0.411 e. The Labute approximate surface area is 171 Å². The topological polar surface area (TPSA) is 38.6 Å². The number of hydrogen-bond acceptors (Lipinski definition) is 3. The molecule has 0 aromatic carbocycles. The van der Waals surface area contributed by atoms with Gasteiger partial charge in [0.05, 0.1) is 17.8 Å². The normalized spacial score (nSPS) is 23.6. The van der Waals surface area contributed by atoms with Gasteiger partial charge in [-0.05, 0) is 60.0 Å². The van der Waals surface area contributed by atoms with E-state index in [1.807, 2.05) is 0 Å². The Kier molecular flexibility index (Phi) is 5.45. The molecule has 0 radical (unpaired) electrons. The number of imidazole rings is 1. The molecular weight excluding hydrogens is 362 g/mol. The molecule has 4 nitrogen and oxygen atoms in total. The predicted molar refractivity (Wildman–Crippen MR) is 118 cm³/mol. The summed E-state index contributed by atoms with van der Waals surface area (Å²) in [6.45, 7) is 15.2. The van der Waals surface area contributed by atoms with E-state index in [0.717, 1.165) is 30.2 Å².